The zero-order valence-electron chi connectivity index (χ0n) is 20.2. The minimum Gasteiger partial charge on any atom is -0.490 e. The van der Waals surface area contributed by atoms with Gasteiger partial charge >= 0.3 is 0 Å². The van der Waals surface area contributed by atoms with E-state index >= 15 is 0 Å². The highest BCUT2D eigenvalue weighted by atomic mass is 32.1. The van der Waals surface area contributed by atoms with Crippen LogP contribution in [0.4, 0.5) is 0 Å². The number of rotatable bonds is 8. The summed E-state index contributed by atoms with van der Waals surface area (Å²) in [5, 5.41) is 13.1. The van der Waals surface area contributed by atoms with Crippen LogP contribution >= 0.6 is 11.3 Å². The number of fused-ring (bicyclic) bond motifs is 3. The van der Waals surface area contributed by atoms with Crippen molar-refractivity contribution in [2.24, 2.45) is 0 Å². The van der Waals surface area contributed by atoms with Crippen LogP contribution in [-0.2, 0) is 16.0 Å². The van der Waals surface area contributed by atoms with Crippen molar-refractivity contribution in [1.82, 2.24) is 15.2 Å². The van der Waals surface area contributed by atoms with Crippen molar-refractivity contribution >= 4 is 27.5 Å². The van der Waals surface area contributed by atoms with E-state index in [0.717, 1.165) is 86.4 Å². The number of pyridine rings is 1. The Balaban J connectivity index is 1.32. The summed E-state index contributed by atoms with van der Waals surface area (Å²) in [7, 11) is 0. The fourth-order valence-electron chi connectivity index (χ4n) is 6.17. The van der Waals surface area contributed by atoms with Gasteiger partial charge in [0.15, 0.2) is 0 Å². The largest absolute Gasteiger partial charge is 0.490 e. The van der Waals surface area contributed by atoms with Gasteiger partial charge in [-0.3, -0.25) is 9.69 Å². The highest BCUT2D eigenvalue weighted by Gasteiger charge is 2.40. The molecule has 2 fully saturated rings. The lowest BCUT2D eigenvalue weighted by molar-refractivity contribution is -0.122. The lowest BCUT2D eigenvalue weighted by atomic mass is 9.77. The maximum atomic E-state index is 12.9. The molecule has 186 valence electrons. The number of ether oxygens (including phenoxy) is 2. The maximum absolute atomic E-state index is 12.9. The van der Waals surface area contributed by atoms with E-state index in [1.165, 1.54) is 11.3 Å². The van der Waals surface area contributed by atoms with E-state index in [4.69, 9.17) is 14.6 Å². The van der Waals surface area contributed by atoms with Crippen molar-refractivity contribution in [2.45, 2.75) is 75.9 Å². The van der Waals surface area contributed by atoms with Gasteiger partial charge in [0.25, 0.3) is 0 Å². The maximum Gasteiger partial charge on any atom is 0.227 e. The molecule has 1 aliphatic heterocycles. The molecule has 2 N–H and O–H groups in total. The second-order valence-electron chi connectivity index (χ2n) is 9.88. The monoisotopic (exact) mass is 487 g/mol. The summed E-state index contributed by atoms with van der Waals surface area (Å²) in [6.07, 6.45) is 9.93. The summed E-state index contributed by atoms with van der Waals surface area (Å²) in [6, 6.07) is 1.98. The molecule has 0 unspecified atom stereocenters. The predicted molar refractivity (Wildman–Crippen MR) is 134 cm³/mol. The molecular formula is C26H37N3O4S. The van der Waals surface area contributed by atoms with E-state index < -0.39 is 0 Å². The van der Waals surface area contributed by atoms with E-state index in [1.54, 1.807) is 11.3 Å². The van der Waals surface area contributed by atoms with Crippen molar-refractivity contribution in [2.75, 3.05) is 39.5 Å². The Kier molecular flexibility index (Phi) is 7.39. The molecule has 2 aliphatic carbocycles. The molecular weight excluding hydrogens is 450 g/mol. The third kappa shape index (κ3) is 4.57. The Hall–Kier alpha value is -1.74. The molecule has 3 heterocycles. The van der Waals surface area contributed by atoms with Crippen molar-refractivity contribution in [1.29, 1.82) is 0 Å². The van der Waals surface area contributed by atoms with Gasteiger partial charge in [-0.25, -0.2) is 4.98 Å². The first-order valence-corrected chi connectivity index (χ1v) is 13.7. The third-order valence-electron chi connectivity index (χ3n) is 8.12. The summed E-state index contributed by atoms with van der Waals surface area (Å²) in [6.45, 7) is 6.67. The minimum atomic E-state index is -0.158. The Morgan fingerprint density at radius 2 is 2.12 bits per heavy atom. The first-order chi connectivity index (χ1) is 16.6. The molecule has 1 amide bonds. The van der Waals surface area contributed by atoms with Gasteiger partial charge in [0, 0.05) is 42.9 Å². The van der Waals surface area contributed by atoms with Crippen LogP contribution in [0.25, 0.3) is 10.2 Å². The zero-order valence-corrected chi connectivity index (χ0v) is 21.0. The SMILES string of the molecule is CC[C@]1(N2CCOCC2)CC[C@H](Oc2ccnc3sc4c(c23)[C@@H](C(=O)NCCCO)CC4)CC1. The average molecular weight is 488 g/mol. The van der Waals surface area contributed by atoms with Crippen LogP contribution in [0.5, 0.6) is 5.75 Å². The molecule has 1 atom stereocenters. The molecule has 3 aliphatic rings. The number of morpholine rings is 1. The number of hydrogen-bond acceptors (Lipinski definition) is 7. The molecule has 1 saturated heterocycles. The van der Waals surface area contributed by atoms with Crippen LogP contribution in [0.3, 0.4) is 0 Å². The fourth-order valence-corrected chi connectivity index (χ4v) is 7.40. The minimum absolute atomic E-state index is 0.0533. The first kappa shape index (κ1) is 24.0. The van der Waals surface area contributed by atoms with Crippen LogP contribution in [-0.4, -0.2) is 72.0 Å². The lowest BCUT2D eigenvalue weighted by Gasteiger charge is -2.49. The summed E-state index contributed by atoms with van der Waals surface area (Å²) in [4.78, 5) is 22.4. The summed E-state index contributed by atoms with van der Waals surface area (Å²) < 4.78 is 12.3. The standard InChI is InChI=1S/C26H37N3O4S/c1-2-26(29-13-16-32-17-14-29)9-6-18(7-10-26)33-20-8-12-28-25-23(20)22-19(4-5-21(22)34-25)24(31)27-11-3-15-30/h8,12,18-19,30H,2-7,9-11,13-17H2,1H3,(H,27,31)/t18-,19-,26-/m0/s1. The van der Waals surface area contributed by atoms with E-state index in [-0.39, 0.29) is 30.1 Å². The topological polar surface area (TPSA) is 83.9 Å². The fraction of sp³-hybridized carbons (Fsp3) is 0.692. The Bertz CT molecular complexity index is 995. The van der Waals surface area contributed by atoms with Gasteiger partial charge < -0.3 is 19.9 Å². The number of nitrogens with one attached hydrogen (secondary N) is 1. The number of aryl methyl sites for hydroxylation is 1. The van der Waals surface area contributed by atoms with E-state index in [9.17, 15) is 4.79 Å². The van der Waals surface area contributed by atoms with Gasteiger partial charge in [-0.05, 0) is 63.0 Å². The number of aliphatic hydroxyl groups excluding tert-OH is 1. The van der Waals surface area contributed by atoms with Crippen LogP contribution < -0.4 is 10.1 Å². The van der Waals surface area contributed by atoms with E-state index in [2.05, 4.69) is 22.1 Å². The molecule has 5 rings (SSSR count). The highest BCUT2D eigenvalue weighted by molar-refractivity contribution is 7.19. The molecule has 1 saturated carbocycles. The molecule has 0 bridgehead atoms. The molecule has 0 aromatic carbocycles. The summed E-state index contributed by atoms with van der Waals surface area (Å²) in [5.41, 5.74) is 1.40. The zero-order chi connectivity index (χ0) is 23.5. The second-order valence-corrected chi connectivity index (χ2v) is 11.0. The summed E-state index contributed by atoms with van der Waals surface area (Å²) >= 11 is 1.70. The van der Waals surface area contributed by atoms with Crippen LogP contribution in [0.1, 0.15) is 68.2 Å². The third-order valence-corrected chi connectivity index (χ3v) is 9.30. The molecule has 2 aromatic rings. The number of thiophene rings is 1. The van der Waals surface area contributed by atoms with Gasteiger partial charge in [-0.15, -0.1) is 11.3 Å². The van der Waals surface area contributed by atoms with Gasteiger partial charge in [-0.1, -0.05) is 6.92 Å². The molecule has 0 spiro atoms. The molecule has 0 radical (unpaired) electrons. The van der Waals surface area contributed by atoms with Crippen molar-refractivity contribution in [3.05, 3.63) is 22.7 Å². The van der Waals surface area contributed by atoms with E-state index in [1.807, 2.05) is 12.3 Å². The Morgan fingerprint density at radius 1 is 1.32 bits per heavy atom. The van der Waals surface area contributed by atoms with Gasteiger partial charge in [0.05, 0.1) is 30.6 Å². The first-order valence-electron chi connectivity index (χ1n) is 12.9. The number of carbonyl (C=O) groups excluding carboxylic acids is 1. The lowest BCUT2D eigenvalue weighted by Crippen LogP contribution is -2.55. The normalized spacial score (nSPS) is 27.6. The van der Waals surface area contributed by atoms with Crippen molar-refractivity contribution in [3.63, 3.8) is 0 Å². The van der Waals surface area contributed by atoms with Crippen molar-refractivity contribution in [3.8, 4) is 5.75 Å². The average Bonchev–Trinajstić information content (AvgIpc) is 3.45. The predicted octanol–water partition coefficient (Wildman–Crippen LogP) is 3.63. The number of amides is 1. The van der Waals surface area contributed by atoms with Gasteiger partial charge in [0.2, 0.25) is 5.91 Å². The number of hydrogen-bond donors (Lipinski definition) is 2. The Labute approximate surface area is 205 Å². The highest BCUT2D eigenvalue weighted by Crippen LogP contribution is 2.47. The van der Waals surface area contributed by atoms with Crippen LogP contribution in [0, 0.1) is 0 Å². The van der Waals surface area contributed by atoms with Gasteiger partial charge in [-0.2, -0.15) is 0 Å². The molecule has 7 nitrogen and oxygen atoms in total. The number of aliphatic hydroxyl groups is 1. The number of aromatic nitrogens is 1. The summed E-state index contributed by atoms with van der Waals surface area (Å²) in [5.74, 6) is 0.782. The van der Waals surface area contributed by atoms with Crippen LogP contribution in [0.2, 0.25) is 0 Å². The quantitative estimate of drug-likeness (QED) is 0.554. The van der Waals surface area contributed by atoms with Crippen molar-refractivity contribution < 1.29 is 19.4 Å². The number of carbonyl (C=O) groups is 1. The second kappa shape index (κ2) is 10.5. The molecule has 2 aromatic heterocycles. The van der Waals surface area contributed by atoms with E-state index in [0.29, 0.717) is 13.0 Å². The Morgan fingerprint density at radius 3 is 2.85 bits per heavy atom. The van der Waals surface area contributed by atoms with Crippen LogP contribution in [0.15, 0.2) is 12.3 Å². The smallest absolute Gasteiger partial charge is 0.227 e. The molecule has 8 heteroatoms. The molecule has 34 heavy (non-hydrogen) atoms. The van der Waals surface area contributed by atoms with Gasteiger partial charge in [0.1, 0.15) is 10.6 Å². The number of nitrogens with zero attached hydrogens (tertiary/aromatic N) is 2.